The van der Waals surface area contributed by atoms with E-state index in [-0.39, 0.29) is 11.7 Å². The molecule has 1 aliphatic rings. The molecule has 3 aromatic carbocycles. The average molecular weight is 625 g/mol. The average Bonchev–Trinajstić information content (AvgIpc) is 3.09. The van der Waals surface area contributed by atoms with Crippen molar-refractivity contribution in [3.05, 3.63) is 83.7 Å². The van der Waals surface area contributed by atoms with Crippen LogP contribution in [0.25, 0.3) is 6.08 Å². The smallest absolute Gasteiger partial charge is 0.271 e. The van der Waals surface area contributed by atoms with E-state index in [9.17, 15) is 9.90 Å². The number of hydrogen-bond acceptors (Lipinski definition) is 5. The van der Waals surface area contributed by atoms with E-state index in [1.165, 1.54) is 23.8 Å². The highest BCUT2D eigenvalue weighted by Gasteiger charge is 2.35. The van der Waals surface area contributed by atoms with Crippen molar-refractivity contribution in [2.24, 2.45) is 4.99 Å². The third-order valence-electron chi connectivity index (χ3n) is 5.17. The number of ether oxygens (including phenoxy) is 1. The Labute approximate surface area is 225 Å². The lowest BCUT2D eigenvalue weighted by Gasteiger charge is -2.16. The topological polar surface area (TPSA) is 62.1 Å². The number of halogens is 3. The molecule has 3 aromatic rings. The van der Waals surface area contributed by atoms with Crippen LogP contribution in [0.5, 0.6) is 11.5 Å². The molecule has 0 saturated carbocycles. The maximum Gasteiger partial charge on any atom is 0.271 e. The molecule has 1 amide bonds. The van der Waals surface area contributed by atoms with Gasteiger partial charge < -0.3 is 9.84 Å². The molecule has 5 nitrogen and oxygen atoms in total. The van der Waals surface area contributed by atoms with Gasteiger partial charge in [-0.25, -0.2) is 4.99 Å². The van der Waals surface area contributed by atoms with E-state index < -0.39 is 0 Å². The molecule has 1 saturated heterocycles. The van der Waals surface area contributed by atoms with Crippen molar-refractivity contribution >= 4 is 86.1 Å². The van der Waals surface area contributed by atoms with Crippen molar-refractivity contribution in [2.45, 2.75) is 13.8 Å². The molecule has 1 heterocycles. The lowest BCUT2D eigenvalue weighted by Crippen LogP contribution is -2.28. The van der Waals surface area contributed by atoms with Gasteiger partial charge in [0, 0.05) is 10.0 Å². The van der Waals surface area contributed by atoms with Crippen molar-refractivity contribution in [1.82, 2.24) is 0 Å². The molecule has 1 aliphatic heterocycles. The van der Waals surface area contributed by atoms with Crippen LogP contribution in [0.3, 0.4) is 0 Å². The Morgan fingerprint density at radius 3 is 2.38 bits per heavy atom. The third kappa shape index (κ3) is 5.07. The summed E-state index contributed by atoms with van der Waals surface area (Å²) in [5.41, 5.74) is 3.83. The number of phenolic OH excluding ortho intramolecular Hbond substituents is 1. The Hall–Kier alpha value is -2.20. The number of nitrogens with zero attached hydrogens (tertiary/aromatic N) is 2. The fraction of sp³-hybridized carbons (Fsp3) is 0.120. The molecule has 0 radical (unpaired) electrons. The van der Waals surface area contributed by atoms with Crippen LogP contribution >= 0.6 is 57.6 Å². The van der Waals surface area contributed by atoms with Crippen molar-refractivity contribution in [2.75, 3.05) is 12.0 Å². The first-order valence-electron chi connectivity index (χ1n) is 10.1. The molecular weight excluding hydrogens is 606 g/mol. The van der Waals surface area contributed by atoms with E-state index in [2.05, 4.69) is 0 Å². The zero-order valence-electron chi connectivity index (χ0n) is 18.4. The zero-order valence-corrected chi connectivity index (χ0v) is 22.9. The highest BCUT2D eigenvalue weighted by molar-refractivity contribution is 14.1. The van der Waals surface area contributed by atoms with E-state index in [4.69, 9.17) is 32.9 Å². The van der Waals surface area contributed by atoms with E-state index in [1.807, 2.05) is 60.7 Å². The number of benzene rings is 3. The number of carbonyl (C=O) groups excluding carboxylic acids is 1. The van der Waals surface area contributed by atoms with Gasteiger partial charge in [0.2, 0.25) is 0 Å². The van der Waals surface area contributed by atoms with Gasteiger partial charge in [-0.15, -0.1) is 0 Å². The lowest BCUT2D eigenvalue weighted by molar-refractivity contribution is -0.113. The summed E-state index contributed by atoms with van der Waals surface area (Å²) in [6.07, 6.45) is 1.75. The van der Waals surface area contributed by atoms with Gasteiger partial charge >= 0.3 is 0 Å². The Bertz CT molecular complexity index is 1370. The molecule has 0 spiro atoms. The van der Waals surface area contributed by atoms with Crippen LogP contribution in [0.1, 0.15) is 16.7 Å². The number of aromatic hydroxyl groups is 1. The summed E-state index contributed by atoms with van der Waals surface area (Å²) in [6.45, 7) is 3.82. The number of anilines is 1. The second kappa shape index (κ2) is 10.2. The van der Waals surface area contributed by atoms with Crippen molar-refractivity contribution < 1.29 is 14.6 Å². The summed E-state index contributed by atoms with van der Waals surface area (Å²) < 4.78 is 5.87. The van der Waals surface area contributed by atoms with Crippen LogP contribution in [0.4, 0.5) is 11.4 Å². The number of phenols is 1. The highest BCUT2D eigenvalue weighted by Crippen LogP contribution is 2.40. The number of aryl methyl sites for hydroxylation is 2. The van der Waals surface area contributed by atoms with Gasteiger partial charge in [-0.3, -0.25) is 9.69 Å². The second-order valence-electron chi connectivity index (χ2n) is 7.57. The molecule has 0 unspecified atom stereocenters. The number of carbonyl (C=O) groups is 1. The molecule has 1 N–H and O–H groups in total. The minimum atomic E-state index is -0.232. The minimum absolute atomic E-state index is 0.0603. The van der Waals surface area contributed by atoms with Gasteiger partial charge in [0.25, 0.3) is 5.91 Å². The molecular formula is C25H19Cl2IN2O3S. The van der Waals surface area contributed by atoms with E-state index in [0.717, 1.165) is 16.7 Å². The first-order valence-corrected chi connectivity index (χ1v) is 12.7. The summed E-state index contributed by atoms with van der Waals surface area (Å²) >= 11 is 15.9. The minimum Gasteiger partial charge on any atom is -0.504 e. The highest BCUT2D eigenvalue weighted by atomic mass is 127. The van der Waals surface area contributed by atoms with Gasteiger partial charge in [-0.05, 0) is 107 Å². The van der Waals surface area contributed by atoms with Gasteiger partial charge in [0.1, 0.15) is 0 Å². The summed E-state index contributed by atoms with van der Waals surface area (Å²) in [7, 11) is 1.48. The second-order valence-corrected chi connectivity index (χ2v) is 10.6. The van der Waals surface area contributed by atoms with Crippen LogP contribution in [0.15, 0.2) is 58.4 Å². The van der Waals surface area contributed by atoms with Crippen LogP contribution < -0.4 is 9.64 Å². The molecule has 34 heavy (non-hydrogen) atoms. The van der Waals surface area contributed by atoms with E-state index in [0.29, 0.717) is 40.8 Å². The number of amides is 1. The standard InChI is InChI=1S/C25H19Cl2IN2O3S/c1-13-4-6-16(11-18(13)26)29-25-30(17-7-5-14(2)19(27)12-17)24(32)22(34-25)10-15-8-20(28)23(31)21(9-15)33-3/h4-12,31H,1-3H3/b22-10+,29-25?. The number of thioether (sulfide) groups is 1. The van der Waals surface area contributed by atoms with E-state index in [1.54, 1.807) is 30.3 Å². The molecule has 4 rings (SSSR count). The summed E-state index contributed by atoms with van der Waals surface area (Å²) in [5, 5.41) is 11.8. The van der Waals surface area contributed by atoms with Gasteiger partial charge in [0.05, 0.1) is 27.0 Å². The summed E-state index contributed by atoms with van der Waals surface area (Å²) in [4.78, 5) is 20.3. The molecule has 174 valence electrons. The first kappa shape index (κ1) is 24.9. The van der Waals surface area contributed by atoms with Crippen LogP contribution in [-0.2, 0) is 4.79 Å². The number of hydrogen-bond donors (Lipinski definition) is 1. The lowest BCUT2D eigenvalue weighted by atomic mass is 10.1. The summed E-state index contributed by atoms with van der Waals surface area (Å²) in [6, 6.07) is 14.4. The number of methoxy groups -OCH3 is 1. The number of amidine groups is 1. The molecule has 9 heteroatoms. The van der Waals surface area contributed by atoms with E-state index >= 15 is 0 Å². The molecule has 0 bridgehead atoms. The zero-order chi connectivity index (χ0) is 24.6. The number of aliphatic imine (C=N–C) groups is 1. The normalized spacial score (nSPS) is 16.1. The Morgan fingerprint density at radius 2 is 1.74 bits per heavy atom. The largest absolute Gasteiger partial charge is 0.504 e. The predicted molar refractivity (Wildman–Crippen MR) is 150 cm³/mol. The van der Waals surface area contributed by atoms with Gasteiger partial charge in [-0.2, -0.15) is 0 Å². The number of rotatable bonds is 4. The van der Waals surface area contributed by atoms with Gasteiger partial charge in [0.15, 0.2) is 16.7 Å². The van der Waals surface area contributed by atoms with Gasteiger partial charge in [-0.1, -0.05) is 35.3 Å². The molecule has 1 fully saturated rings. The maximum atomic E-state index is 13.5. The Balaban J connectivity index is 1.82. The van der Waals surface area contributed by atoms with Crippen molar-refractivity contribution in [3.8, 4) is 11.5 Å². The van der Waals surface area contributed by atoms with Crippen LogP contribution in [-0.4, -0.2) is 23.3 Å². The quantitative estimate of drug-likeness (QED) is 0.238. The fourth-order valence-electron chi connectivity index (χ4n) is 3.24. The van der Waals surface area contributed by atoms with Crippen molar-refractivity contribution in [3.63, 3.8) is 0 Å². The first-order chi connectivity index (χ1) is 16.2. The van der Waals surface area contributed by atoms with Crippen LogP contribution in [0.2, 0.25) is 10.0 Å². The SMILES string of the molecule is COc1cc(/C=C2/SC(=Nc3ccc(C)c(Cl)c3)N(c3ccc(C)c(Cl)c3)C2=O)cc(I)c1O. The van der Waals surface area contributed by atoms with Crippen molar-refractivity contribution in [1.29, 1.82) is 0 Å². The molecule has 0 atom stereocenters. The fourth-order valence-corrected chi connectivity index (χ4v) is 5.22. The summed E-state index contributed by atoms with van der Waals surface area (Å²) in [5.74, 6) is 0.161. The monoisotopic (exact) mass is 624 g/mol. The van der Waals surface area contributed by atoms with Crippen LogP contribution in [0, 0.1) is 17.4 Å². The molecule has 0 aromatic heterocycles. The Morgan fingerprint density at radius 1 is 1.06 bits per heavy atom. The maximum absolute atomic E-state index is 13.5. The third-order valence-corrected chi connectivity index (χ3v) is 7.77. The predicted octanol–water partition coefficient (Wildman–Crippen LogP) is 7.74. The molecule has 0 aliphatic carbocycles. The Kier molecular flexibility index (Phi) is 7.47.